The van der Waals surface area contributed by atoms with Crippen LogP contribution in [-0.2, 0) is 25.8 Å². The molecule has 2 aliphatic heterocycles. The number of rotatable bonds is 5. The van der Waals surface area contributed by atoms with E-state index in [1.807, 2.05) is 25.3 Å². The van der Waals surface area contributed by atoms with Crippen LogP contribution in [0.4, 0.5) is 0 Å². The van der Waals surface area contributed by atoms with Gasteiger partial charge in [-0.1, -0.05) is 30.3 Å². The zero-order valence-corrected chi connectivity index (χ0v) is 18.1. The van der Waals surface area contributed by atoms with Gasteiger partial charge >= 0.3 is 0 Å². The van der Waals surface area contributed by atoms with Crippen LogP contribution in [0.2, 0.25) is 0 Å². The molecule has 2 aliphatic rings. The van der Waals surface area contributed by atoms with Gasteiger partial charge in [-0.15, -0.1) is 0 Å². The van der Waals surface area contributed by atoms with Crippen LogP contribution in [0.1, 0.15) is 31.7 Å². The van der Waals surface area contributed by atoms with Gasteiger partial charge in [0.1, 0.15) is 0 Å². The van der Waals surface area contributed by atoms with Crippen molar-refractivity contribution in [2.45, 2.75) is 38.1 Å². The van der Waals surface area contributed by atoms with E-state index in [2.05, 4.69) is 34.6 Å². The number of aromatic nitrogens is 1. The van der Waals surface area contributed by atoms with Crippen LogP contribution in [0.25, 0.3) is 11.1 Å². The fourth-order valence-corrected chi connectivity index (χ4v) is 6.59. The molecule has 30 heavy (non-hydrogen) atoms. The molecule has 1 N–H and O–H groups in total. The van der Waals surface area contributed by atoms with Crippen molar-refractivity contribution < 1.29 is 17.9 Å². The van der Waals surface area contributed by atoms with E-state index in [0.29, 0.717) is 38.9 Å². The third-order valence-corrected chi connectivity index (χ3v) is 8.24. The fourth-order valence-electron chi connectivity index (χ4n) is 4.50. The molecule has 1 unspecified atom stereocenters. The standard InChI is InChI=1S/C23H28N2O4S/c1-22(10-14-30(27,28)17-22)25-21(26)23(8-12-29-13-9-23)15-18-4-6-19(7-5-18)20-3-2-11-24-16-20/h2-7,11,16H,8-10,12-15,17H2,1H3,(H,25,26). The first kappa shape index (κ1) is 21.0. The van der Waals surface area contributed by atoms with E-state index in [1.54, 1.807) is 6.20 Å². The zero-order chi connectivity index (χ0) is 21.2. The Morgan fingerprint density at radius 3 is 2.43 bits per heavy atom. The van der Waals surface area contributed by atoms with Gasteiger partial charge in [0.25, 0.3) is 0 Å². The monoisotopic (exact) mass is 428 g/mol. The number of nitrogens with one attached hydrogen (secondary N) is 1. The molecule has 0 radical (unpaired) electrons. The average molecular weight is 429 g/mol. The molecule has 3 heterocycles. The van der Waals surface area contributed by atoms with Crippen molar-refractivity contribution in [3.8, 4) is 11.1 Å². The number of pyridine rings is 1. The minimum Gasteiger partial charge on any atom is -0.381 e. The number of nitrogens with zero attached hydrogens (tertiary/aromatic N) is 1. The number of carbonyl (C=O) groups excluding carboxylic acids is 1. The average Bonchev–Trinajstić information content (AvgIpc) is 3.02. The van der Waals surface area contributed by atoms with Gasteiger partial charge < -0.3 is 10.1 Å². The Labute approximate surface area is 178 Å². The zero-order valence-electron chi connectivity index (χ0n) is 17.3. The van der Waals surface area contributed by atoms with E-state index < -0.39 is 20.8 Å². The van der Waals surface area contributed by atoms with Crippen molar-refractivity contribution >= 4 is 15.7 Å². The maximum Gasteiger partial charge on any atom is 0.227 e. The molecule has 0 aliphatic carbocycles. The lowest BCUT2D eigenvalue weighted by Crippen LogP contribution is -2.55. The molecule has 1 aromatic carbocycles. The second-order valence-electron chi connectivity index (χ2n) is 8.86. The molecule has 1 amide bonds. The second-order valence-corrected chi connectivity index (χ2v) is 11.0. The Morgan fingerprint density at radius 2 is 1.83 bits per heavy atom. The summed E-state index contributed by atoms with van der Waals surface area (Å²) in [5.74, 6) is 0.0927. The van der Waals surface area contributed by atoms with Crippen LogP contribution in [0.3, 0.4) is 0 Å². The topological polar surface area (TPSA) is 85.4 Å². The SMILES string of the molecule is CC1(NC(=O)C2(Cc3ccc(-c4cccnc4)cc3)CCOCC2)CCS(=O)(=O)C1. The number of carbonyl (C=O) groups is 1. The van der Waals surface area contributed by atoms with Crippen LogP contribution in [0.5, 0.6) is 0 Å². The maximum atomic E-state index is 13.4. The highest BCUT2D eigenvalue weighted by Gasteiger charge is 2.46. The summed E-state index contributed by atoms with van der Waals surface area (Å²) in [6, 6.07) is 12.2. The molecule has 0 saturated carbocycles. The maximum absolute atomic E-state index is 13.4. The molecule has 0 bridgehead atoms. The van der Waals surface area contributed by atoms with Crippen molar-refractivity contribution in [3.63, 3.8) is 0 Å². The number of hydrogen-bond donors (Lipinski definition) is 1. The van der Waals surface area contributed by atoms with Crippen molar-refractivity contribution in [2.75, 3.05) is 24.7 Å². The minimum absolute atomic E-state index is 0.0120. The summed E-state index contributed by atoms with van der Waals surface area (Å²) >= 11 is 0. The highest BCUT2D eigenvalue weighted by Crippen LogP contribution is 2.37. The van der Waals surface area contributed by atoms with E-state index in [4.69, 9.17) is 4.74 Å². The molecule has 160 valence electrons. The summed E-state index contributed by atoms with van der Waals surface area (Å²) in [5, 5.41) is 3.10. The van der Waals surface area contributed by atoms with E-state index in [1.165, 1.54) is 0 Å². The molecule has 2 fully saturated rings. The molecule has 6 nitrogen and oxygen atoms in total. The van der Waals surface area contributed by atoms with Gasteiger partial charge in [0, 0.05) is 25.6 Å². The van der Waals surface area contributed by atoms with E-state index >= 15 is 0 Å². The Balaban J connectivity index is 1.53. The van der Waals surface area contributed by atoms with Gasteiger partial charge in [-0.25, -0.2) is 8.42 Å². The van der Waals surface area contributed by atoms with E-state index in [9.17, 15) is 13.2 Å². The quantitative estimate of drug-likeness (QED) is 0.792. The lowest BCUT2D eigenvalue weighted by atomic mass is 9.73. The molecule has 4 rings (SSSR count). The Morgan fingerprint density at radius 1 is 1.10 bits per heavy atom. The predicted molar refractivity (Wildman–Crippen MR) is 116 cm³/mol. The smallest absolute Gasteiger partial charge is 0.227 e. The molecule has 2 saturated heterocycles. The number of sulfone groups is 1. The molecule has 0 spiro atoms. The lowest BCUT2D eigenvalue weighted by Gasteiger charge is -2.38. The normalized spacial score (nSPS) is 25.0. The van der Waals surface area contributed by atoms with Crippen molar-refractivity contribution in [1.29, 1.82) is 0 Å². The first-order valence-corrected chi connectivity index (χ1v) is 12.2. The minimum atomic E-state index is -3.08. The number of amides is 1. The highest BCUT2D eigenvalue weighted by molar-refractivity contribution is 7.91. The number of ether oxygens (including phenoxy) is 1. The second kappa shape index (κ2) is 8.12. The van der Waals surface area contributed by atoms with Gasteiger partial charge in [-0.3, -0.25) is 9.78 Å². The summed E-state index contributed by atoms with van der Waals surface area (Å²) in [6.45, 7) is 2.91. The molecule has 2 aromatic rings. The number of benzene rings is 1. The lowest BCUT2D eigenvalue weighted by molar-refractivity contribution is -0.138. The van der Waals surface area contributed by atoms with Gasteiger partial charge in [-0.05, 0) is 55.4 Å². The van der Waals surface area contributed by atoms with Gasteiger partial charge in [0.05, 0.1) is 22.5 Å². The predicted octanol–water partition coefficient (Wildman–Crippen LogP) is 2.78. The third-order valence-electron chi connectivity index (χ3n) is 6.34. The van der Waals surface area contributed by atoms with Crippen molar-refractivity contribution in [3.05, 3.63) is 54.4 Å². The molecular weight excluding hydrogens is 400 g/mol. The third kappa shape index (κ3) is 4.57. The van der Waals surface area contributed by atoms with E-state index in [0.717, 1.165) is 16.7 Å². The summed E-state index contributed by atoms with van der Waals surface area (Å²) < 4.78 is 29.4. The summed E-state index contributed by atoms with van der Waals surface area (Å²) in [6.07, 6.45) is 5.92. The van der Waals surface area contributed by atoms with Gasteiger partial charge in [-0.2, -0.15) is 0 Å². The van der Waals surface area contributed by atoms with Crippen LogP contribution >= 0.6 is 0 Å². The largest absolute Gasteiger partial charge is 0.381 e. The van der Waals surface area contributed by atoms with Gasteiger partial charge in [0.2, 0.25) is 5.91 Å². The highest BCUT2D eigenvalue weighted by atomic mass is 32.2. The molecule has 7 heteroatoms. The van der Waals surface area contributed by atoms with Crippen molar-refractivity contribution in [1.82, 2.24) is 10.3 Å². The summed E-state index contributed by atoms with van der Waals surface area (Å²) in [7, 11) is -3.08. The Bertz CT molecular complexity index is 999. The molecule has 1 aromatic heterocycles. The van der Waals surface area contributed by atoms with Crippen LogP contribution in [0.15, 0.2) is 48.8 Å². The van der Waals surface area contributed by atoms with Gasteiger partial charge in [0.15, 0.2) is 9.84 Å². The van der Waals surface area contributed by atoms with Crippen LogP contribution in [0, 0.1) is 5.41 Å². The van der Waals surface area contributed by atoms with E-state index in [-0.39, 0.29) is 17.4 Å². The van der Waals surface area contributed by atoms with Crippen molar-refractivity contribution in [2.24, 2.45) is 5.41 Å². The van der Waals surface area contributed by atoms with Crippen LogP contribution < -0.4 is 5.32 Å². The number of hydrogen-bond acceptors (Lipinski definition) is 5. The summed E-state index contributed by atoms with van der Waals surface area (Å²) in [5.41, 5.74) is 1.96. The Hall–Kier alpha value is -2.25. The molecule has 1 atom stereocenters. The first-order chi connectivity index (χ1) is 14.3. The Kier molecular flexibility index (Phi) is 5.68. The molecular formula is C23H28N2O4S. The first-order valence-electron chi connectivity index (χ1n) is 10.4. The van der Waals surface area contributed by atoms with Crippen LogP contribution in [-0.4, -0.2) is 49.6 Å². The summed E-state index contributed by atoms with van der Waals surface area (Å²) in [4.78, 5) is 17.6. The fraction of sp³-hybridized carbons (Fsp3) is 0.478.